The second-order valence-electron chi connectivity index (χ2n) is 5.41. The third-order valence-corrected chi connectivity index (χ3v) is 4.82. The van der Waals surface area contributed by atoms with Gasteiger partial charge in [-0.1, -0.05) is 12.5 Å². The van der Waals surface area contributed by atoms with Crippen LogP contribution in [0.3, 0.4) is 0 Å². The van der Waals surface area contributed by atoms with E-state index in [4.69, 9.17) is 5.73 Å². The summed E-state index contributed by atoms with van der Waals surface area (Å²) in [6, 6.07) is 6.39. The number of hydrogen-bond acceptors (Lipinski definition) is 4. The van der Waals surface area contributed by atoms with E-state index in [1.807, 2.05) is 0 Å². The van der Waals surface area contributed by atoms with E-state index < -0.39 is 9.84 Å². The molecule has 0 aromatic heterocycles. The lowest BCUT2D eigenvalue weighted by Gasteiger charge is -2.15. The summed E-state index contributed by atoms with van der Waals surface area (Å²) in [7, 11) is -3.26. The molecule has 1 aromatic carbocycles. The summed E-state index contributed by atoms with van der Waals surface area (Å²) in [5, 5.41) is 2.74. The Bertz CT molecular complexity index is 598. The fourth-order valence-corrected chi connectivity index (χ4v) is 3.24. The highest BCUT2D eigenvalue weighted by molar-refractivity contribution is 7.90. The van der Waals surface area contributed by atoms with Gasteiger partial charge in [0.2, 0.25) is 5.91 Å². The highest BCUT2D eigenvalue weighted by Gasteiger charge is 2.26. The molecule has 0 spiro atoms. The Morgan fingerprint density at radius 3 is 2.75 bits per heavy atom. The number of nitrogens with two attached hydrogens (primary N) is 1. The van der Waals surface area contributed by atoms with Crippen LogP contribution in [0.15, 0.2) is 29.2 Å². The van der Waals surface area contributed by atoms with Gasteiger partial charge in [-0.05, 0) is 37.0 Å². The second kappa shape index (κ2) is 5.93. The van der Waals surface area contributed by atoms with Crippen molar-refractivity contribution < 1.29 is 13.2 Å². The number of nitrogens with one attached hydrogen (secondary N) is 1. The van der Waals surface area contributed by atoms with Crippen molar-refractivity contribution in [3.63, 3.8) is 0 Å². The number of anilines is 1. The Morgan fingerprint density at radius 1 is 1.40 bits per heavy atom. The van der Waals surface area contributed by atoms with Crippen molar-refractivity contribution in [3.05, 3.63) is 24.3 Å². The molecule has 0 saturated heterocycles. The number of carbonyl (C=O) groups is 1. The van der Waals surface area contributed by atoms with Crippen molar-refractivity contribution in [2.75, 3.05) is 11.6 Å². The maximum Gasteiger partial charge on any atom is 0.224 e. The SMILES string of the molecule is CS(=O)(=O)c1cccc(NC(=O)C[C@@H]2CCC[C@H]2N)c1. The first kappa shape index (κ1) is 15.0. The summed E-state index contributed by atoms with van der Waals surface area (Å²) in [4.78, 5) is 12.2. The van der Waals surface area contributed by atoms with Crippen LogP contribution in [0.2, 0.25) is 0 Å². The van der Waals surface area contributed by atoms with Crippen molar-refractivity contribution >= 4 is 21.4 Å². The molecule has 1 aromatic rings. The Labute approximate surface area is 119 Å². The van der Waals surface area contributed by atoms with Gasteiger partial charge in [0.15, 0.2) is 9.84 Å². The van der Waals surface area contributed by atoms with Crippen molar-refractivity contribution in [3.8, 4) is 0 Å². The normalized spacial score (nSPS) is 22.7. The summed E-state index contributed by atoms with van der Waals surface area (Å²) in [5.41, 5.74) is 6.45. The lowest BCUT2D eigenvalue weighted by Crippen LogP contribution is -2.28. The molecule has 2 rings (SSSR count). The fraction of sp³-hybridized carbons (Fsp3) is 0.500. The van der Waals surface area contributed by atoms with Crippen LogP contribution in [-0.2, 0) is 14.6 Å². The molecule has 6 heteroatoms. The van der Waals surface area contributed by atoms with Crippen LogP contribution in [0, 0.1) is 5.92 Å². The van der Waals surface area contributed by atoms with E-state index in [1.165, 1.54) is 12.1 Å². The molecule has 0 radical (unpaired) electrons. The summed E-state index contributed by atoms with van der Waals surface area (Å²) < 4.78 is 22.9. The summed E-state index contributed by atoms with van der Waals surface area (Å²) in [5.74, 6) is 0.117. The number of hydrogen-bond donors (Lipinski definition) is 2. The van der Waals surface area contributed by atoms with Gasteiger partial charge in [-0.25, -0.2) is 8.42 Å². The zero-order valence-corrected chi connectivity index (χ0v) is 12.3. The van der Waals surface area contributed by atoms with Gasteiger partial charge >= 0.3 is 0 Å². The quantitative estimate of drug-likeness (QED) is 0.882. The third kappa shape index (κ3) is 3.80. The van der Waals surface area contributed by atoms with Crippen LogP contribution in [0.5, 0.6) is 0 Å². The summed E-state index contributed by atoms with van der Waals surface area (Å²) in [6.45, 7) is 0. The molecule has 20 heavy (non-hydrogen) atoms. The minimum absolute atomic E-state index is 0.100. The molecule has 1 aliphatic rings. The highest BCUT2D eigenvalue weighted by atomic mass is 32.2. The molecule has 1 aliphatic carbocycles. The molecule has 1 amide bonds. The monoisotopic (exact) mass is 296 g/mol. The van der Waals surface area contributed by atoms with Gasteiger partial charge in [-0.2, -0.15) is 0 Å². The van der Waals surface area contributed by atoms with Crippen LogP contribution in [-0.4, -0.2) is 26.6 Å². The highest BCUT2D eigenvalue weighted by Crippen LogP contribution is 2.27. The van der Waals surface area contributed by atoms with Crippen LogP contribution >= 0.6 is 0 Å². The molecule has 0 bridgehead atoms. The van der Waals surface area contributed by atoms with Gasteiger partial charge in [0.1, 0.15) is 0 Å². The molecule has 0 aliphatic heterocycles. The first-order valence-corrected chi connectivity index (χ1v) is 8.61. The summed E-state index contributed by atoms with van der Waals surface area (Å²) >= 11 is 0. The van der Waals surface area contributed by atoms with E-state index in [-0.39, 0.29) is 22.8 Å². The van der Waals surface area contributed by atoms with Gasteiger partial charge in [0, 0.05) is 24.4 Å². The van der Waals surface area contributed by atoms with Gasteiger partial charge in [0.05, 0.1) is 4.90 Å². The van der Waals surface area contributed by atoms with E-state index in [2.05, 4.69) is 5.32 Å². The van der Waals surface area contributed by atoms with E-state index in [0.29, 0.717) is 12.1 Å². The van der Waals surface area contributed by atoms with Crippen molar-refractivity contribution in [1.82, 2.24) is 0 Å². The van der Waals surface area contributed by atoms with Crippen LogP contribution in [0.1, 0.15) is 25.7 Å². The lowest BCUT2D eigenvalue weighted by atomic mass is 10.00. The Hall–Kier alpha value is -1.40. The number of amides is 1. The standard InChI is InChI=1S/C14H20N2O3S/c1-20(18,19)12-6-3-5-11(9-12)16-14(17)8-10-4-2-7-13(10)15/h3,5-6,9-10,13H,2,4,7-8,15H2,1H3,(H,16,17)/t10-,13+/m0/s1. The molecule has 5 nitrogen and oxygen atoms in total. The maximum absolute atomic E-state index is 12.0. The molecule has 3 N–H and O–H groups in total. The average Bonchev–Trinajstić information content (AvgIpc) is 2.74. The number of benzene rings is 1. The Kier molecular flexibility index (Phi) is 4.45. The van der Waals surface area contributed by atoms with E-state index in [1.54, 1.807) is 12.1 Å². The molecular weight excluding hydrogens is 276 g/mol. The van der Waals surface area contributed by atoms with E-state index >= 15 is 0 Å². The smallest absolute Gasteiger partial charge is 0.224 e. The van der Waals surface area contributed by atoms with Crippen LogP contribution in [0.4, 0.5) is 5.69 Å². The van der Waals surface area contributed by atoms with Gasteiger partial charge < -0.3 is 11.1 Å². The largest absolute Gasteiger partial charge is 0.327 e. The van der Waals surface area contributed by atoms with Gasteiger partial charge in [0.25, 0.3) is 0 Å². The Balaban J connectivity index is 2.01. The van der Waals surface area contributed by atoms with Crippen molar-refractivity contribution in [2.24, 2.45) is 11.7 Å². The fourth-order valence-electron chi connectivity index (χ4n) is 2.57. The number of rotatable bonds is 4. The van der Waals surface area contributed by atoms with Gasteiger partial charge in [-0.15, -0.1) is 0 Å². The molecule has 1 fully saturated rings. The average molecular weight is 296 g/mol. The lowest BCUT2D eigenvalue weighted by molar-refractivity contribution is -0.117. The predicted octanol–water partition coefficient (Wildman–Crippen LogP) is 1.55. The molecule has 1 saturated carbocycles. The first-order chi connectivity index (χ1) is 9.36. The predicted molar refractivity (Wildman–Crippen MR) is 78.1 cm³/mol. The van der Waals surface area contributed by atoms with E-state index in [0.717, 1.165) is 25.5 Å². The first-order valence-electron chi connectivity index (χ1n) is 6.72. The Morgan fingerprint density at radius 2 is 2.15 bits per heavy atom. The van der Waals surface area contributed by atoms with Crippen LogP contribution in [0.25, 0.3) is 0 Å². The number of carbonyl (C=O) groups excluding carboxylic acids is 1. The zero-order valence-electron chi connectivity index (χ0n) is 11.5. The van der Waals surface area contributed by atoms with Crippen LogP contribution < -0.4 is 11.1 Å². The molecular formula is C14H20N2O3S. The maximum atomic E-state index is 12.0. The van der Waals surface area contributed by atoms with E-state index in [9.17, 15) is 13.2 Å². The molecule has 110 valence electrons. The third-order valence-electron chi connectivity index (χ3n) is 3.71. The topological polar surface area (TPSA) is 89.3 Å². The molecule has 0 heterocycles. The second-order valence-corrected chi connectivity index (χ2v) is 7.42. The minimum Gasteiger partial charge on any atom is -0.327 e. The molecule has 0 unspecified atom stereocenters. The minimum atomic E-state index is -3.26. The number of sulfone groups is 1. The van der Waals surface area contributed by atoms with Crippen molar-refractivity contribution in [2.45, 2.75) is 36.6 Å². The zero-order chi connectivity index (χ0) is 14.8. The summed E-state index contributed by atoms with van der Waals surface area (Å²) in [6.07, 6.45) is 4.57. The van der Waals surface area contributed by atoms with Gasteiger partial charge in [-0.3, -0.25) is 4.79 Å². The van der Waals surface area contributed by atoms with Crippen molar-refractivity contribution in [1.29, 1.82) is 0 Å². The molecule has 2 atom stereocenters.